The zero-order valence-electron chi connectivity index (χ0n) is 11.9. The molecule has 0 saturated heterocycles. The molecule has 3 nitrogen and oxygen atoms in total. The summed E-state index contributed by atoms with van der Waals surface area (Å²) in [4.78, 5) is 0. The highest BCUT2D eigenvalue weighted by Crippen LogP contribution is 2.18. The van der Waals surface area contributed by atoms with Gasteiger partial charge in [0.25, 0.3) is 0 Å². The lowest BCUT2D eigenvalue weighted by molar-refractivity contribution is 0.414. The Morgan fingerprint density at radius 1 is 1.10 bits per heavy atom. The van der Waals surface area contributed by atoms with E-state index >= 15 is 0 Å². The lowest BCUT2D eigenvalue weighted by Crippen LogP contribution is -2.30. The minimum Gasteiger partial charge on any atom is -0.497 e. The molecule has 2 aromatic rings. The second-order valence-electron chi connectivity index (χ2n) is 4.60. The van der Waals surface area contributed by atoms with Gasteiger partial charge in [-0.3, -0.25) is 0 Å². The number of rotatable bonds is 4. The summed E-state index contributed by atoms with van der Waals surface area (Å²) in [6.45, 7) is 2.05. The zero-order valence-corrected chi connectivity index (χ0v) is 13.5. The third-order valence-corrected chi connectivity index (χ3v) is 3.54. The van der Waals surface area contributed by atoms with Gasteiger partial charge in [-0.05, 0) is 61.1 Å². The number of anilines is 1. The predicted octanol–water partition coefficient (Wildman–Crippen LogP) is 4.40. The van der Waals surface area contributed by atoms with Crippen molar-refractivity contribution in [1.29, 1.82) is 0 Å². The molecule has 1 unspecified atom stereocenters. The molecule has 0 saturated carbocycles. The standard InChI is InChI=1S/C16H17ClN2OS/c1-11(12-3-9-15(20-2)10-4-12)18-16(21)19-14-7-5-13(17)6-8-14/h3-11H,1-2H3,(H2,18,19,21). The third-order valence-electron chi connectivity index (χ3n) is 3.07. The SMILES string of the molecule is COc1ccc(C(C)NC(=S)Nc2ccc(Cl)cc2)cc1. The molecule has 0 spiro atoms. The Balaban J connectivity index is 1.93. The molecule has 2 rings (SSSR count). The topological polar surface area (TPSA) is 33.3 Å². The lowest BCUT2D eigenvalue weighted by atomic mass is 10.1. The van der Waals surface area contributed by atoms with Crippen molar-refractivity contribution in [2.45, 2.75) is 13.0 Å². The Bertz CT molecular complexity index is 599. The average molecular weight is 321 g/mol. The van der Waals surface area contributed by atoms with E-state index in [1.54, 1.807) is 7.11 Å². The highest BCUT2D eigenvalue weighted by Gasteiger charge is 2.07. The maximum Gasteiger partial charge on any atom is 0.171 e. The number of hydrogen-bond donors (Lipinski definition) is 2. The Kier molecular flexibility index (Phi) is 5.42. The number of thiocarbonyl (C=S) groups is 1. The minimum atomic E-state index is 0.100. The van der Waals surface area contributed by atoms with Gasteiger partial charge < -0.3 is 15.4 Å². The first-order chi connectivity index (χ1) is 10.1. The first-order valence-corrected chi connectivity index (χ1v) is 7.34. The molecule has 0 aliphatic heterocycles. The fraction of sp³-hybridized carbons (Fsp3) is 0.188. The Morgan fingerprint density at radius 3 is 2.29 bits per heavy atom. The van der Waals surface area contributed by atoms with Crippen LogP contribution in [0.25, 0.3) is 0 Å². The van der Waals surface area contributed by atoms with E-state index in [0.717, 1.165) is 17.0 Å². The smallest absolute Gasteiger partial charge is 0.171 e. The van der Waals surface area contributed by atoms with Crippen molar-refractivity contribution in [1.82, 2.24) is 5.32 Å². The highest BCUT2D eigenvalue weighted by atomic mass is 35.5. The van der Waals surface area contributed by atoms with Gasteiger partial charge in [0.2, 0.25) is 0 Å². The molecule has 5 heteroatoms. The van der Waals surface area contributed by atoms with Crippen LogP contribution in [-0.4, -0.2) is 12.2 Å². The maximum atomic E-state index is 5.85. The van der Waals surface area contributed by atoms with Crippen LogP contribution in [0.4, 0.5) is 5.69 Å². The normalized spacial score (nSPS) is 11.6. The Labute approximate surface area is 135 Å². The van der Waals surface area contributed by atoms with Gasteiger partial charge in [0.05, 0.1) is 13.2 Å². The van der Waals surface area contributed by atoms with Crippen molar-refractivity contribution in [3.8, 4) is 5.75 Å². The van der Waals surface area contributed by atoms with Gasteiger partial charge >= 0.3 is 0 Å². The van der Waals surface area contributed by atoms with Crippen molar-refractivity contribution in [3.05, 3.63) is 59.1 Å². The summed E-state index contributed by atoms with van der Waals surface area (Å²) in [6.07, 6.45) is 0. The van der Waals surface area contributed by atoms with E-state index in [4.69, 9.17) is 28.6 Å². The number of methoxy groups -OCH3 is 1. The van der Waals surface area contributed by atoms with Crippen LogP contribution < -0.4 is 15.4 Å². The number of nitrogens with one attached hydrogen (secondary N) is 2. The van der Waals surface area contributed by atoms with Crippen LogP contribution in [0.5, 0.6) is 5.75 Å². The molecule has 21 heavy (non-hydrogen) atoms. The largest absolute Gasteiger partial charge is 0.497 e. The predicted molar refractivity (Wildman–Crippen MR) is 92.2 cm³/mol. The quantitative estimate of drug-likeness (QED) is 0.818. The molecule has 0 aliphatic rings. The van der Waals surface area contributed by atoms with Crippen molar-refractivity contribution in [2.24, 2.45) is 0 Å². The van der Waals surface area contributed by atoms with Gasteiger partial charge in [-0.2, -0.15) is 0 Å². The second kappa shape index (κ2) is 7.29. The molecule has 2 N–H and O–H groups in total. The van der Waals surface area contributed by atoms with E-state index in [0.29, 0.717) is 10.1 Å². The molecule has 0 amide bonds. The maximum absolute atomic E-state index is 5.85. The number of benzene rings is 2. The summed E-state index contributed by atoms with van der Waals surface area (Å²) in [5.74, 6) is 0.841. The lowest BCUT2D eigenvalue weighted by Gasteiger charge is -2.17. The van der Waals surface area contributed by atoms with E-state index in [1.165, 1.54) is 0 Å². The van der Waals surface area contributed by atoms with Gasteiger partial charge in [-0.25, -0.2) is 0 Å². The summed E-state index contributed by atoms with van der Waals surface area (Å²) < 4.78 is 5.15. The molecular weight excluding hydrogens is 304 g/mol. The number of ether oxygens (including phenoxy) is 1. The number of hydrogen-bond acceptors (Lipinski definition) is 2. The van der Waals surface area contributed by atoms with Gasteiger partial charge in [0.1, 0.15) is 5.75 Å². The van der Waals surface area contributed by atoms with Gasteiger partial charge in [-0.1, -0.05) is 23.7 Å². The summed E-state index contributed by atoms with van der Waals surface area (Å²) in [6, 6.07) is 15.4. The molecular formula is C16H17ClN2OS. The molecule has 0 heterocycles. The van der Waals surface area contributed by atoms with Crippen LogP contribution in [0.3, 0.4) is 0 Å². The zero-order chi connectivity index (χ0) is 15.2. The van der Waals surface area contributed by atoms with Crippen LogP contribution >= 0.6 is 23.8 Å². The minimum absolute atomic E-state index is 0.100. The number of halogens is 1. The monoisotopic (exact) mass is 320 g/mol. The fourth-order valence-corrected chi connectivity index (χ4v) is 2.29. The van der Waals surface area contributed by atoms with E-state index in [9.17, 15) is 0 Å². The molecule has 0 bridgehead atoms. The summed E-state index contributed by atoms with van der Waals surface area (Å²) >= 11 is 11.2. The van der Waals surface area contributed by atoms with Gasteiger partial charge in [-0.15, -0.1) is 0 Å². The summed E-state index contributed by atoms with van der Waals surface area (Å²) in [7, 11) is 1.65. The van der Waals surface area contributed by atoms with Crippen LogP contribution in [0.2, 0.25) is 5.02 Å². The molecule has 0 aliphatic carbocycles. The molecule has 2 aromatic carbocycles. The first kappa shape index (κ1) is 15.6. The average Bonchev–Trinajstić information content (AvgIpc) is 2.49. The summed E-state index contributed by atoms with van der Waals surface area (Å²) in [5, 5.41) is 7.64. The van der Waals surface area contributed by atoms with Crippen molar-refractivity contribution >= 4 is 34.6 Å². The van der Waals surface area contributed by atoms with Crippen molar-refractivity contribution < 1.29 is 4.74 Å². The second-order valence-corrected chi connectivity index (χ2v) is 5.44. The summed E-state index contributed by atoms with van der Waals surface area (Å²) in [5.41, 5.74) is 2.04. The van der Waals surface area contributed by atoms with Crippen molar-refractivity contribution in [2.75, 3.05) is 12.4 Å². The Hall–Kier alpha value is -1.78. The van der Waals surface area contributed by atoms with Gasteiger partial charge in [0.15, 0.2) is 5.11 Å². The third kappa shape index (κ3) is 4.62. The van der Waals surface area contributed by atoms with Crippen LogP contribution in [0.1, 0.15) is 18.5 Å². The van der Waals surface area contributed by atoms with E-state index in [-0.39, 0.29) is 6.04 Å². The van der Waals surface area contributed by atoms with Crippen LogP contribution in [0.15, 0.2) is 48.5 Å². The molecule has 0 aromatic heterocycles. The highest BCUT2D eigenvalue weighted by molar-refractivity contribution is 7.80. The molecule has 110 valence electrons. The van der Waals surface area contributed by atoms with Crippen molar-refractivity contribution in [3.63, 3.8) is 0 Å². The molecule has 1 atom stereocenters. The van der Waals surface area contributed by atoms with E-state index in [2.05, 4.69) is 17.6 Å². The Morgan fingerprint density at radius 2 is 1.71 bits per heavy atom. The fourth-order valence-electron chi connectivity index (χ4n) is 1.87. The molecule has 0 radical (unpaired) electrons. The van der Waals surface area contributed by atoms with Gasteiger partial charge in [0, 0.05) is 10.7 Å². The van der Waals surface area contributed by atoms with E-state index in [1.807, 2.05) is 48.5 Å². The van der Waals surface area contributed by atoms with Crippen LogP contribution in [-0.2, 0) is 0 Å². The van der Waals surface area contributed by atoms with E-state index < -0.39 is 0 Å². The molecule has 0 fully saturated rings. The van der Waals surface area contributed by atoms with Crippen LogP contribution in [0, 0.1) is 0 Å². The first-order valence-electron chi connectivity index (χ1n) is 6.55.